The number of hydrogen-bond donors (Lipinski definition) is 0. The second-order valence-corrected chi connectivity index (χ2v) is 3.46. The summed E-state index contributed by atoms with van der Waals surface area (Å²) in [5, 5.41) is 10.5. The van der Waals surface area contributed by atoms with Gasteiger partial charge in [-0.05, 0) is 13.8 Å². The van der Waals surface area contributed by atoms with Crippen LogP contribution in [0.4, 0.5) is 0 Å². The van der Waals surface area contributed by atoms with Crippen LogP contribution in [0.1, 0.15) is 27.7 Å². The fourth-order valence-corrected chi connectivity index (χ4v) is 0.904. The van der Waals surface area contributed by atoms with Gasteiger partial charge < -0.3 is 4.74 Å². The van der Waals surface area contributed by atoms with Gasteiger partial charge in [0.05, 0.1) is 6.10 Å². The third-order valence-corrected chi connectivity index (χ3v) is 1.45. The van der Waals surface area contributed by atoms with Crippen molar-refractivity contribution in [2.24, 2.45) is 5.92 Å². The highest BCUT2D eigenvalue weighted by Gasteiger charge is 2.35. The first kappa shape index (κ1) is 11.9. The second-order valence-electron chi connectivity index (χ2n) is 3.46. The Morgan fingerprint density at radius 3 is 2.00 bits per heavy atom. The highest BCUT2D eigenvalue weighted by molar-refractivity contribution is 5.74. The van der Waals surface area contributed by atoms with Gasteiger partial charge in [0.2, 0.25) is 0 Å². The lowest BCUT2D eigenvalue weighted by atomic mass is 10.1. The molecule has 0 aromatic heterocycles. The van der Waals surface area contributed by atoms with Crippen molar-refractivity contribution in [3.8, 4) is 0 Å². The first-order valence-corrected chi connectivity index (χ1v) is 4.20. The first-order chi connectivity index (χ1) is 5.86. The van der Waals surface area contributed by atoms with Gasteiger partial charge in [0, 0.05) is 10.8 Å². The molecule has 1 unspecified atom stereocenters. The van der Waals surface area contributed by atoms with Crippen LogP contribution in [-0.4, -0.2) is 23.0 Å². The predicted molar refractivity (Wildman–Crippen MR) is 46.8 cm³/mol. The molecule has 0 rings (SSSR count). The average Bonchev–Trinajstić information content (AvgIpc) is 1.81. The molecule has 13 heavy (non-hydrogen) atoms. The highest BCUT2D eigenvalue weighted by Crippen LogP contribution is 2.08. The van der Waals surface area contributed by atoms with Crippen LogP contribution in [0.15, 0.2) is 0 Å². The van der Waals surface area contributed by atoms with Crippen molar-refractivity contribution in [1.29, 1.82) is 0 Å². The summed E-state index contributed by atoms with van der Waals surface area (Å²) in [5.41, 5.74) is 0. The third kappa shape index (κ3) is 3.87. The molecule has 0 aromatic carbocycles. The van der Waals surface area contributed by atoms with Crippen molar-refractivity contribution in [3.63, 3.8) is 0 Å². The zero-order chi connectivity index (χ0) is 10.6. The Labute approximate surface area is 77.2 Å². The van der Waals surface area contributed by atoms with E-state index in [1.807, 2.05) is 0 Å². The van der Waals surface area contributed by atoms with Crippen molar-refractivity contribution >= 4 is 5.97 Å². The number of hydrogen-bond acceptors (Lipinski definition) is 4. The Balaban J connectivity index is 4.38. The fourth-order valence-electron chi connectivity index (χ4n) is 0.904. The molecule has 0 N–H and O–H groups in total. The van der Waals surface area contributed by atoms with Crippen LogP contribution in [0.2, 0.25) is 0 Å². The lowest BCUT2D eigenvalue weighted by Gasteiger charge is -2.13. The van der Waals surface area contributed by atoms with Crippen molar-refractivity contribution in [1.82, 2.24) is 0 Å². The summed E-state index contributed by atoms with van der Waals surface area (Å²) in [5.74, 6) is -1.10. The fraction of sp³-hybridized carbons (Fsp3) is 0.875. The molecule has 0 spiro atoms. The number of carbonyl (C=O) groups excluding carboxylic acids is 1. The van der Waals surface area contributed by atoms with E-state index < -0.39 is 16.9 Å². The number of esters is 1. The summed E-state index contributed by atoms with van der Waals surface area (Å²) in [6.07, 6.45) is -0.311. The average molecular weight is 189 g/mol. The number of rotatable bonds is 4. The van der Waals surface area contributed by atoms with E-state index in [0.29, 0.717) is 0 Å². The Bertz CT molecular complexity index is 200. The molecule has 0 saturated heterocycles. The summed E-state index contributed by atoms with van der Waals surface area (Å²) in [4.78, 5) is 21.0. The lowest BCUT2D eigenvalue weighted by Crippen LogP contribution is -2.37. The largest absolute Gasteiger partial charge is 0.458 e. The van der Waals surface area contributed by atoms with Crippen molar-refractivity contribution < 1.29 is 14.5 Å². The maximum Gasteiger partial charge on any atom is 0.382 e. The third-order valence-electron chi connectivity index (χ3n) is 1.45. The van der Waals surface area contributed by atoms with Gasteiger partial charge in [-0.1, -0.05) is 13.8 Å². The molecular formula is C8H15NO4. The van der Waals surface area contributed by atoms with Gasteiger partial charge in [-0.15, -0.1) is 0 Å². The molecule has 0 saturated carbocycles. The van der Waals surface area contributed by atoms with Crippen LogP contribution in [0, 0.1) is 16.0 Å². The zero-order valence-corrected chi connectivity index (χ0v) is 8.31. The van der Waals surface area contributed by atoms with Gasteiger partial charge in [-0.25, -0.2) is 4.79 Å². The predicted octanol–water partition coefficient (Wildman–Crippen LogP) is 1.24. The van der Waals surface area contributed by atoms with Crippen LogP contribution < -0.4 is 0 Å². The van der Waals surface area contributed by atoms with Crippen LogP contribution >= 0.6 is 0 Å². The molecule has 0 radical (unpaired) electrons. The van der Waals surface area contributed by atoms with E-state index in [2.05, 4.69) is 0 Å². The number of nitro groups is 1. The maximum absolute atomic E-state index is 11.2. The number of carbonyl (C=O) groups is 1. The summed E-state index contributed by atoms with van der Waals surface area (Å²) in [6.45, 7) is 6.56. The molecule has 0 bridgehead atoms. The summed E-state index contributed by atoms with van der Waals surface area (Å²) >= 11 is 0. The van der Waals surface area contributed by atoms with Crippen LogP contribution in [0.5, 0.6) is 0 Å². The highest BCUT2D eigenvalue weighted by atomic mass is 16.6. The number of nitrogens with zero attached hydrogens (tertiary/aromatic N) is 1. The van der Waals surface area contributed by atoms with E-state index in [0.717, 1.165) is 0 Å². The molecule has 0 aliphatic carbocycles. The molecule has 0 aliphatic rings. The van der Waals surface area contributed by atoms with Crippen LogP contribution in [0.25, 0.3) is 0 Å². The number of ether oxygens (including phenoxy) is 1. The van der Waals surface area contributed by atoms with Gasteiger partial charge in [0.15, 0.2) is 0 Å². The Morgan fingerprint density at radius 2 is 1.77 bits per heavy atom. The minimum Gasteiger partial charge on any atom is -0.458 e. The normalized spacial score (nSPS) is 13.1. The zero-order valence-electron chi connectivity index (χ0n) is 8.31. The Kier molecular flexibility index (Phi) is 4.37. The molecule has 5 nitrogen and oxygen atoms in total. The molecular weight excluding hydrogens is 174 g/mol. The van der Waals surface area contributed by atoms with Crippen molar-refractivity contribution in [2.75, 3.05) is 0 Å². The minimum absolute atomic E-state index is 0.311. The minimum atomic E-state index is -1.25. The lowest BCUT2D eigenvalue weighted by molar-refractivity contribution is -0.518. The van der Waals surface area contributed by atoms with Gasteiger partial charge in [-0.3, -0.25) is 10.1 Å². The molecule has 5 heteroatoms. The summed E-state index contributed by atoms with van der Waals surface area (Å²) in [6, 6.07) is -1.25. The summed E-state index contributed by atoms with van der Waals surface area (Å²) in [7, 11) is 0. The van der Waals surface area contributed by atoms with Gasteiger partial charge in [-0.2, -0.15) is 0 Å². The summed E-state index contributed by atoms with van der Waals surface area (Å²) < 4.78 is 4.75. The molecule has 0 fully saturated rings. The molecule has 0 heterocycles. The Hall–Kier alpha value is -1.13. The van der Waals surface area contributed by atoms with E-state index in [9.17, 15) is 14.9 Å². The van der Waals surface area contributed by atoms with Crippen LogP contribution in [0.3, 0.4) is 0 Å². The molecule has 76 valence electrons. The Morgan fingerprint density at radius 1 is 1.31 bits per heavy atom. The topological polar surface area (TPSA) is 69.4 Å². The quantitative estimate of drug-likeness (QED) is 0.379. The molecule has 0 aromatic rings. The van der Waals surface area contributed by atoms with Gasteiger partial charge in [0.1, 0.15) is 0 Å². The smallest absolute Gasteiger partial charge is 0.382 e. The first-order valence-electron chi connectivity index (χ1n) is 4.20. The second kappa shape index (κ2) is 4.79. The van der Waals surface area contributed by atoms with Crippen LogP contribution in [-0.2, 0) is 9.53 Å². The van der Waals surface area contributed by atoms with E-state index >= 15 is 0 Å². The van der Waals surface area contributed by atoms with E-state index in [-0.39, 0.29) is 12.0 Å². The molecule has 1 atom stereocenters. The maximum atomic E-state index is 11.2. The monoisotopic (exact) mass is 189 g/mol. The van der Waals surface area contributed by atoms with Gasteiger partial charge >= 0.3 is 12.0 Å². The van der Waals surface area contributed by atoms with Crippen molar-refractivity contribution in [3.05, 3.63) is 10.1 Å². The van der Waals surface area contributed by atoms with E-state index in [1.54, 1.807) is 27.7 Å². The van der Waals surface area contributed by atoms with Gasteiger partial charge in [0.25, 0.3) is 0 Å². The van der Waals surface area contributed by atoms with Crippen molar-refractivity contribution in [2.45, 2.75) is 39.8 Å². The van der Waals surface area contributed by atoms with E-state index in [4.69, 9.17) is 4.74 Å². The molecule has 0 amide bonds. The SMILES string of the molecule is CC(C)OC(=O)C(C(C)C)[N+](=O)[O-]. The standard InChI is InChI=1S/C8H15NO4/c1-5(2)7(9(11)12)8(10)13-6(3)4/h5-7H,1-4H3. The van der Waals surface area contributed by atoms with E-state index in [1.165, 1.54) is 0 Å². The molecule has 0 aliphatic heterocycles.